The van der Waals surface area contributed by atoms with Crippen LogP contribution in [0, 0.1) is 6.92 Å². The fourth-order valence-electron chi connectivity index (χ4n) is 3.68. The minimum Gasteiger partial charge on any atom is -0.496 e. The fourth-order valence-corrected chi connectivity index (χ4v) is 3.68. The minimum atomic E-state index is -0.347. The average molecular weight is 434 g/mol. The molecule has 0 radical (unpaired) electrons. The molecule has 0 unspecified atom stereocenters. The smallest absolute Gasteiger partial charge is 0.261 e. The van der Waals surface area contributed by atoms with Gasteiger partial charge in [0.25, 0.3) is 5.91 Å². The summed E-state index contributed by atoms with van der Waals surface area (Å²) in [6, 6.07) is 16.8. The first-order valence-corrected chi connectivity index (χ1v) is 10.4. The molecule has 0 aliphatic carbocycles. The summed E-state index contributed by atoms with van der Waals surface area (Å²) in [7, 11) is 3.08. The summed E-state index contributed by atoms with van der Waals surface area (Å²) in [6.45, 7) is 3.20. The maximum absolute atomic E-state index is 13.3. The summed E-state index contributed by atoms with van der Waals surface area (Å²) < 4.78 is 16.8. The van der Waals surface area contributed by atoms with Crippen LogP contribution < -0.4 is 14.8 Å². The maximum atomic E-state index is 13.3. The minimum absolute atomic E-state index is 0.161. The highest BCUT2D eigenvalue weighted by molar-refractivity contribution is 5.99. The predicted molar refractivity (Wildman–Crippen MR) is 121 cm³/mol. The van der Waals surface area contributed by atoms with E-state index in [9.17, 15) is 4.79 Å². The van der Waals surface area contributed by atoms with Crippen molar-refractivity contribution in [3.05, 3.63) is 71.5 Å². The van der Waals surface area contributed by atoms with Crippen molar-refractivity contribution in [2.75, 3.05) is 39.2 Å². The van der Waals surface area contributed by atoms with Gasteiger partial charge in [-0.2, -0.15) is 0 Å². The zero-order valence-corrected chi connectivity index (χ0v) is 18.4. The summed E-state index contributed by atoms with van der Waals surface area (Å²) in [5.41, 5.74) is 2.07. The van der Waals surface area contributed by atoms with Gasteiger partial charge in [0.2, 0.25) is 0 Å². The second-order valence-corrected chi connectivity index (χ2v) is 7.39. The summed E-state index contributed by atoms with van der Waals surface area (Å²) in [5.74, 6) is 2.18. The van der Waals surface area contributed by atoms with Crippen molar-refractivity contribution in [2.24, 2.45) is 0 Å². The number of carbonyl (C=O) groups is 1. The highest BCUT2D eigenvalue weighted by Gasteiger charge is 2.30. The van der Waals surface area contributed by atoms with E-state index in [1.807, 2.05) is 43.3 Å². The Bertz CT molecular complexity index is 1080. The number of hydrogen-bond donors (Lipinski definition) is 1. The third-order valence-corrected chi connectivity index (χ3v) is 5.24. The number of ether oxygens (including phenoxy) is 3. The highest BCUT2D eigenvalue weighted by Crippen LogP contribution is 2.31. The van der Waals surface area contributed by atoms with Gasteiger partial charge < -0.3 is 24.4 Å². The molecular formula is C24H26N4O4. The van der Waals surface area contributed by atoms with Gasteiger partial charge in [-0.1, -0.05) is 18.2 Å². The van der Waals surface area contributed by atoms with Gasteiger partial charge in [0.1, 0.15) is 34.8 Å². The molecule has 3 aromatic rings. The molecule has 0 saturated carbocycles. The number of rotatable bonds is 6. The third-order valence-electron chi connectivity index (χ3n) is 5.24. The monoisotopic (exact) mass is 434 g/mol. The van der Waals surface area contributed by atoms with Crippen LogP contribution in [0.25, 0.3) is 0 Å². The van der Waals surface area contributed by atoms with Crippen molar-refractivity contribution in [1.82, 2.24) is 14.9 Å². The standard InChI is InChI=1S/C24H26N4O4/c1-16-7-4-11-21(25-16)27-22-12-5-8-17(26-22)20-15-28(13-14-32-20)24(29)23-18(30-2)9-6-10-19(23)31-3/h4-12,20H,13-15H2,1-3H3,(H,25,26,27)/t20-/m1/s1. The van der Waals surface area contributed by atoms with E-state index in [0.29, 0.717) is 42.6 Å². The van der Waals surface area contributed by atoms with Crippen LogP contribution in [0.1, 0.15) is 27.8 Å². The zero-order chi connectivity index (χ0) is 22.5. The molecular weight excluding hydrogens is 408 g/mol. The first kappa shape index (κ1) is 21.6. The number of methoxy groups -OCH3 is 2. The highest BCUT2D eigenvalue weighted by atomic mass is 16.5. The summed E-state index contributed by atoms with van der Waals surface area (Å²) >= 11 is 0. The number of anilines is 2. The van der Waals surface area contributed by atoms with Crippen molar-refractivity contribution < 1.29 is 19.0 Å². The molecule has 0 spiro atoms. The normalized spacial score (nSPS) is 15.8. The van der Waals surface area contributed by atoms with Gasteiger partial charge in [-0.05, 0) is 43.3 Å². The number of amides is 1. The summed E-state index contributed by atoms with van der Waals surface area (Å²) in [5, 5.41) is 3.22. The molecule has 1 fully saturated rings. The molecule has 3 heterocycles. The number of pyridine rings is 2. The Morgan fingerprint density at radius 1 is 1.00 bits per heavy atom. The van der Waals surface area contributed by atoms with E-state index in [0.717, 1.165) is 17.2 Å². The quantitative estimate of drug-likeness (QED) is 0.632. The van der Waals surface area contributed by atoms with Crippen molar-refractivity contribution >= 4 is 17.5 Å². The number of nitrogens with one attached hydrogen (secondary N) is 1. The molecule has 1 atom stereocenters. The first-order chi connectivity index (χ1) is 15.6. The van der Waals surface area contributed by atoms with E-state index >= 15 is 0 Å². The topological polar surface area (TPSA) is 85.8 Å². The van der Waals surface area contributed by atoms with E-state index < -0.39 is 0 Å². The number of morpholine rings is 1. The fraction of sp³-hybridized carbons (Fsp3) is 0.292. The van der Waals surface area contributed by atoms with E-state index in [2.05, 4.69) is 10.3 Å². The van der Waals surface area contributed by atoms with Gasteiger partial charge in [-0.25, -0.2) is 9.97 Å². The number of hydrogen-bond acceptors (Lipinski definition) is 7. The zero-order valence-electron chi connectivity index (χ0n) is 18.4. The van der Waals surface area contributed by atoms with Crippen LogP contribution in [0.3, 0.4) is 0 Å². The van der Waals surface area contributed by atoms with Crippen LogP contribution in [0.5, 0.6) is 11.5 Å². The molecule has 1 aliphatic heterocycles. The molecule has 1 amide bonds. The first-order valence-electron chi connectivity index (χ1n) is 10.4. The van der Waals surface area contributed by atoms with Crippen molar-refractivity contribution in [3.8, 4) is 11.5 Å². The molecule has 166 valence electrons. The lowest BCUT2D eigenvalue weighted by atomic mass is 10.1. The number of aromatic nitrogens is 2. The van der Waals surface area contributed by atoms with Gasteiger partial charge in [0.05, 0.1) is 33.1 Å². The van der Waals surface area contributed by atoms with Gasteiger partial charge in [-0.3, -0.25) is 4.79 Å². The van der Waals surface area contributed by atoms with Crippen LogP contribution in [-0.2, 0) is 4.74 Å². The lowest BCUT2D eigenvalue weighted by Gasteiger charge is -2.33. The van der Waals surface area contributed by atoms with Crippen molar-refractivity contribution in [2.45, 2.75) is 13.0 Å². The van der Waals surface area contributed by atoms with Crippen molar-refractivity contribution in [1.29, 1.82) is 0 Å². The van der Waals surface area contributed by atoms with E-state index in [-0.39, 0.29) is 12.0 Å². The summed E-state index contributed by atoms with van der Waals surface area (Å²) in [6.07, 6.45) is -0.347. The van der Waals surface area contributed by atoms with Crippen LogP contribution in [0.4, 0.5) is 11.6 Å². The number of nitrogens with zero attached hydrogens (tertiary/aromatic N) is 3. The lowest BCUT2D eigenvalue weighted by molar-refractivity contribution is -0.0248. The Morgan fingerprint density at radius 2 is 1.66 bits per heavy atom. The lowest BCUT2D eigenvalue weighted by Crippen LogP contribution is -2.42. The molecule has 32 heavy (non-hydrogen) atoms. The van der Waals surface area contributed by atoms with Gasteiger partial charge in [-0.15, -0.1) is 0 Å². The van der Waals surface area contributed by atoms with Crippen LogP contribution >= 0.6 is 0 Å². The molecule has 1 aromatic carbocycles. The molecule has 4 rings (SSSR count). The average Bonchev–Trinajstić information content (AvgIpc) is 2.83. The van der Waals surface area contributed by atoms with Crippen molar-refractivity contribution in [3.63, 3.8) is 0 Å². The van der Waals surface area contributed by atoms with Crippen LogP contribution in [0.15, 0.2) is 54.6 Å². The van der Waals surface area contributed by atoms with E-state index in [4.69, 9.17) is 19.2 Å². The molecule has 0 bridgehead atoms. The maximum Gasteiger partial charge on any atom is 0.261 e. The molecule has 8 heteroatoms. The predicted octanol–water partition coefficient (Wildman–Crippen LogP) is 3.76. The second-order valence-electron chi connectivity index (χ2n) is 7.39. The Kier molecular flexibility index (Phi) is 6.51. The van der Waals surface area contributed by atoms with Crippen LogP contribution in [-0.4, -0.2) is 54.7 Å². The van der Waals surface area contributed by atoms with Gasteiger partial charge in [0.15, 0.2) is 0 Å². The molecule has 1 aliphatic rings. The summed E-state index contributed by atoms with van der Waals surface area (Å²) in [4.78, 5) is 24.2. The number of aryl methyl sites for hydroxylation is 1. The molecule has 1 N–H and O–H groups in total. The molecule has 8 nitrogen and oxygen atoms in total. The number of carbonyl (C=O) groups excluding carboxylic acids is 1. The Morgan fingerprint density at radius 3 is 2.34 bits per heavy atom. The van der Waals surface area contributed by atoms with Crippen LogP contribution in [0.2, 0.25) is 0 Å². The number of benzene rings is 1. The van der Waals surface area contributed by atoms with E-state index in [1.165, 1.54) is 0 Å². The van der Waals surface area contributed by atoms with Gasteiger partial charge >= 0.3 is 0 Å². The largest absolute Gasteiger partial charge is 0.496 e. The Hall–Kier alpha value is -3.65. The SMILES string of the molecule is COc1cccc(OC)c1C(=O)N1CCO[C@@H](c2cccc(Nc3cccc(C)n3)n2)C1. The molecule has 2 aromatic heterocycles. The molecule has 1 saturated heterocycles. The van der Waals surface area contributed by atoms with Gasteiger partial charge in [0, 0.05) is 12.2 Å². The third kappa shape index (κ3) is 4.65. The Labute approximate surface area is 187 Å². The Balaban J connectivity index is 1.53. The second kappa shape index (κ2) is 9.65. The van der Waals surface area contributed by atoms with E-state index in [1.54, 1.807) is 37.3 Å².